The maximum atomic E-state index is 6.13. The Morgan fingerprint density at radius 1 is 0.946 bits per heavy atom. The minimum Gasteiger partial charge on any atom is -0.486 e. The summed E-state index contributed by atoms with van der Waals surface area (Å²) in [6, 6.07) is 29.1. The molecule has 1 aliphatic heterocycles. The van der Waals surface area contributed by atoms with Crippen molar-refractivity contribution in [3.63, 3.8) is 0 Å². The van der Waals surface area contributed by atoms with Gasteiger partial charge in [0, 0.05) is 24.2 Å². The molecule has 37 heavy (non-hydrogen) atoms. The van der Waals surface area contributed by atoms with Crippen LogP contribution in [0.1, 0.15) is 41.1 Å². The number of nitrogens with zero attached hydrogens (tertiary/aromatic N) is 3. The molecule has 0 radical (unpaired) electrons. The van der Waals surface area contributed by atoms with Gasteiger partial charge in [0.05, 0.1) is 0 Å². The summed E-state index contributed by atoms with van der Waals surface area (Å²) in [5.41, 5.74) is 8.23. The predicted molar refractivity (Wildman–Crippen MR) is 152 cm³/mol. The summed E-state index contributed by atoms with van der Waals surface area (Å²) in [7, 11) is 0. The molecule has 5 nitrogen and oxygen atoms in total. The summed E-state index contributed by atoms with van der Waals surface area (Å²) >= 11 is 6.06. The van der Waals surface area contributed by atoms with Crippen molar-refractivity contribution in [1.29, 1.82) is 0 Å². The smallest absolute Gasteiger partial charge is 0.169 e. The molecular formula is C31H30N4OS. The number of rotatable bonds is 7. The molecule has 2 aromatic heterocycles. The van der Waals surface area contributed by atoms with Crippen LogP contribution in [0.2, 0.25) is 0 Å². The standard InChI is InChI=1S/C31H30N4OS/c1-22-15-17-24(18-16-22)28-26-14-8-9-19-34-27(21-36-25-12-6-3-7-13-25)33-35(31(26)34)29(28)30(37)32-20-23-10-4-2-5-11-23/h2-7,10-13,15-18H,8-9,14,19-21H2,1H3,(H,32,37). The Hall–Kier alpha value is -3.90. The second-order valence-corrected chi connectivity index (χ2v) is 10.0. The lowest BCUT2D eigenvalue weighted by Gasteiger charge is -2.12. The number of aromatic nitrogens is 3. The van der Waals surface area contributed by atoms with Crippen LogP contribution in [0.3, 0.4) is 0 Å². The van der Waals surface area contributed by atoms with Crippen LogP contribution in [0.5, 0.6) is 5.75 Å². The Labute approximate surface area is 222 Å². The number of nitrogens with one attached hydrogen (secondary N) is 1. The van der Waals surface area contributed by atoms with Gasteiger partial charge in [0.25, 0.3) is 0 Å². The van der Waals surface area contributed by atoms with Gasteiger partial charge < -0.3 is 14.6 Å². The largest absolute Gasteiger partial charge is 0.486 e. The number of aryl methyl sites for hydroxylation is 3. The molecular weight excluding hydrogens is 476 g/mol. The van der Waals surface area contributed by atoms with Gasteiger partial charge >= 0.3 is 0 Å². The van der Waals surface area contributed by atoms with Crippen molar-refractivity contribution in [2.24, 2.45) is 0 Å². The molecule has 6 heteroatoms. The van der Waals surface area contributed by atoms with Crippen molar-refractivity contribution >= 4 is 22.9 Å². The van der Waals surface area contributed by atoms with Gasteiger partial charge in [-0.1, -0.05) is 90.6 Å². The molecule has 0 atom stereocenters. The highest BCUT2D eigenvalue weighted by Gasteiger charge is 2.29. The number of ether oxygens (including phenoxy) is 1. The summed E-state index contributed by atoms with van der Waals surface area (Å²) in [5, 5.41) is 8.63. The van der Waals surface area contributed by atoms with Gasteiger partial charge in [-0.25, -0.2) is 4.52 Å². The number of benzene rings is 3. The van der Waals surface area contributed by atoms with E-state index in [1.54, 1.807) is 0 Å². The monoisotopic (exact) mass is 506 g/mol. The van der Waals surface area contributed by atoms with E-state index in [9.17, 15) is 0 Å². The fourth-order valence-electron chi connectivity index (χ4n) is 5.18. The summed E-state index contributed by atoms with van der Waals surface area (Å²) in [6.45, 7) is 4.12. The van der Waals surface area contributed by atoms with Crippen LogP contribution in [-0.4, -0.2) is 19.2 Å². The van der Waals surface area contributed by atoms with E-state index in [4.69, 9.17) is 22.1 Å². The first-order valence-electron chi connectivity index (χ1n) is 12.9. The summed E-state index contributed by atoms with van der Waals surface area (Å²) in [4.78, 5) is 0.710. The van der Waals surface area contributed by atoms with Crippen molar-refractivity contribution in [3.05, 3.63) is 113 Å². The minimum atomic E-state index is 0.411. The molecule has 186 valence electrons. The third-order valence-electron chi connectivity index (χ3n) is 7.02. The molecule has 0 fully saturated rings. The molecule has 3 aromatic carbocycles. The fourth-order valence-corrected chi connectivity index (χ4v) is 5.44. The SMILES string of the molecule is Cc1ccc(-c2c3c4n(c(COc5ccccc5)nn4c2C(=S)NCc2ccccc2)CCCC3)cc1. The second kappa shape index (κ2) is 10.2. The van der Waals surface area contributed by atoms with Crippen LogP contribution in [0.4, 0.5) is 0 Å². The van der Waals surface area contributed by atoms with E-state index in [2.05, 4.69) is 69.9 Å². The van der Waals surface area contributed by atoms with Gasteiger partial charge in [-0.3, -0.25) is 0 Å². The molecule has 0 saturated heterocycles. The van der Waals surface area contributed by atoms with Gasteiger partial charge in [0.2, 0.25) is 0 Å². The maximum absolute atomic E-state index is 6.13. The summed E-state index contributed by atoms with van der Waals surface area (Å²) < 4.78 is 10.5. The lowest BCUT2D eigenvalue weighted by molar-refractivity contribution is 0.288. The lowest BCUT2D eigenvalue weighted by atomic mass is 9.97. The Morgan fingerprint density at radius 3 is 2.43 bits per heavy atom. The first-order chi connectivity index (χ1) is 18.2. The first-order valence-corrected chi connectivity index (χ1v) is 13.3. The Morgan fingerprint density at radius 2 is 1.68 bits per heavy atom. The Bertz CT molecular complexity index is 1540. The molecule has 0 bridgehead atoms. The first kappa shape index (κ1) is 23.5. The number of para-hydroxylation sites is 1. The highest BCUT2D eigenvalue weighted by atomic mass is 32.1. The number of hydrogen-bond acceptors (Lipinski definition) is 3. The fraction of sp³-hybridized carbons (Fsp3) is 0.226. The average molecular weight is 507 g/mol. The predicted octanol–water partition coefficient (Wildman–Crippen LogP) is 6.49. The normalized spacial score (nSPS) is 12.9. The molecule has 5 aromatic rings. The molecule has 1 N–H and O–H groups in total. The van der Waals surface area contributed by atoms with Crippen molar-refractivity contribution in [2.45, 2.75) is 45.9 Å². The number of thiocarbonyl (C=S) groups is 1. The zero-order valence-corrected chi connectivity index (χ0v) is 21.8. The zero-order chi connectivity index (χ0) is 25.2. The Kier molecular flexibility index (Phi) is 6.49. The van der Waals surface area contributed by atoms with Crippen molar-refractivity contribution in [1.82, 2.24) is 19.5 Å². The van der Waals surface area contributed by atoms with E-state index in [0.29, 0.717) is 18.1 Å². The summed E-state index contributed by atoms with van der Waals surface area (Å²) in [5.74, 6) is 1.77. The Balaban J connectivity index is 1.46. The molecule has 0 aliphatic carbocycles. The maximum Gasteiger partial charge on any atom is 0.169 e. The molecule has 1 aliphatic rings. The van der Waals surface area contributed by atoms with E-state index in [1.165, 1.54) is 27.8 Å². The topological polar surface area (TPSA) is 43.5 Å². The van der Waals surface area contributed by atoms with E-state index >= 15 is 0 Å². The van der Waals surface area contributed by atoms with E-state index in [-0.39, 0.29) is 0 Å². The quantitative estimate of drug-likeness (QED) is 0.256. The molecule has 3 heterocycles. The lowest BCUT2D eigenvalue weighted by Crippen LogP contribution is -2.24. The van der Waals surface area contributed by atoms with Gasteiger partial charge in [0.1, 0.15) is 28.7 Å². The van der Waals surface area contributed by atoms with Gasteiger partial charge in [-0.15, -0.1) is 5.10 Å². The van der Waals surface area contributed by atoms with Crippen LogP contribution in [0.25, 0.3) is 16.8 Å². The zero-order valence-electron chi connectivity index (χ0n) is 21.0. The van der Waals surface area contributed by atoms with Gasteiger partial charge in [0.15, 0.2) is 5.82 Å². The van der Waals surface area contributed by atoms with Crippen molar-refractivity contribution < 1.29 is 4.74 Å². The molecule has 6 rings (SSSR count). The summed E-state index contributed by atoms with van der Waals surface area (Å²) in [6.07, 6.45) is 3.24. The van der Waals surface area contributed by atoms with E-state index < -0.39 is 0 Å². The number of hydrogen-bond donors (Lipinski definition) is 1. The van der Waals surface area contributed by atoms with Crippen molar-refractivity contribution in [3.8, 4) is 16.9 Å². The molecule has 0 amide bonds. The molecule has 0 unspecified atom stereocenters. The molecule has 0 spiro atoms. The minimum absolute atomic E-state index is 0.411. The van der Waals surface area contributed by atoms with Crippen LogP contribution in [-0.2, 0) is 26.1 Å². The van der Waals surface area contributed by atoms with Crippen LogP contribution in [0.15, 0.2) is 84.9 Å². The van der Waals surface area contributed by atoms with Crippen LogP contribution < -0.4 is 10.1 Å². The van der Waals surface area contributed by atoms with Crippen LogP contribution >= 0.6 is 12.2 Å². The molecule has 0 saturated carbocycles. The average Bonchev–Trinajstić information content (AvgIpc) is 3.34. The third-order valence-corrected chi connectivity index (χ3v) is 7.36. The van der Waals surface area contributed by atoms with Crippen molar-refractivity contribution in [2.75, 3.05) is 0 Å². The second-order valence-electron chi connectivity index (χ2n) is 9.60. The van der Waals surface area contributed by atoms with E-state index in [0.717, 1.165) is 48.7 Å². The van der Waals surface area contributed by atoms with E-state index in [1.807, 2.05) is 36.4 Å². The highest BCUT2D eigenvalue weighted by Crippen LogP contribution is 2.37. The van der Waals surface area contributed by atoms with Gasteiger partial charge in [-0.05, 0) is 49.4 Å². The highest BCUT2D eigenvalue weighted by molar-refractivity contribution is 7.80. The van der Waals surface area contributed by atoms with Crippen LogP contribution in [0, 0.1) is 6.92 Å². The third kappa shape index (κ3) is 4.65. The van der Waals surface area contributed by atoms with Gasteiger partial charge in [-0.2, -0.15) is 0 Å².